The Balaban J connectivity index is 2.31. The van der Waals surface area contributed by atoms with Crippen molar-refractivity contribution in [2.75, 3.05) is 18.5 Å². The fraction of sp³-hybridized carbons (Fsp3) is 0.333. The number of nitrogens with one attached hydrogen (secondary N) is 3. The zero-order valence-corrected chi connectivity index (χ0v) is 15.1. The molecule has 0 aliphatic rings. The second-order valence-electron chi connectivity index (χ2n) is 5.88. The van der Waals surface area contributed by atoms with Crippen LogP contribution in [0.1, 0.15) is 10.5 Å². The van der Waals surface area contributed by atoms with Crippen molar-refractivity contribution in [1.82, 2.24) is 15.3 Å². The van der Waals surface area contributed by atoms with E-state index >= 15 is 0 Å². The maximum atomic E-state index is 11.9. The number of aromatic nitrogens is 2. The third kappa shape index (κ3) is 5.42. The van der Waals surface area contributed by atoms with Gasteiger partial charge in [-0.2, -0.15) is 0 Å². The molecule has 1 unspecified atom stereocenters. The standard InChI is InChI=1S/C15H18BClN4O7/c16-14(24,25)13(15(26,27)28)21-11-4-8(9(17)6-20-11)7-3-10(19-5-7)12(23)18-1-2-22/h3-6,13,19,22,24-28H,1-2H2,(H,18,23)(H,20,21). The van der Waals surface area contributed by atoms with Gasteiger partial charge in [-0.25, -0.2) is 4.98 Å². The van der Waals surface area contributed by atoms with E-state index in [1.807, 2.05) is 0 Å². The minimum Gasteiger partial charge on any atom is -0.395 e. The van der Waals surface area contributed by atoms with E-state index in [0.717, 1.165) is 0 Å². The van der Waals surface area contributed by atoms with Gasteiger partial charge in [0.05, 0.1) is 11.6 Å². The number of nitrogens with zero attached hydrogens (tertiary/aromatic N) is 1. The summed E-state index contributed by atoms with van der Waals surface area (Å²) in [5.74, 6) is -4.19. The van der Waals surface area contributed by atoms with Crippen molar-refractivity contribution < 1.29 is 35.4 Å². The molecule has 0 saturated heterocycles. The molecule has 11 nitrogen and oxygen atoms in total. The SMILES string of the molecule is [B]C(O)(O)C(Nc1cc(-c2c[nH]c(C(=O)NCCO)c2)c(Cl)cn1)C(O)(O)O. The fourth-order valence-corrected chi connectivity index (χ4v) is 2.53. The smallest absolute Gasteiger partial charge is 0.301 e. The number of aliphatic hydroxyl groups is 6. The summed E-state index contributed by atoms with van der Waals surface area (Å²) >= 11 is 6.11. The molecule has 1 atom stereocenters. The quantitative estimate of drug-likeness (QED) is 0.169. The number of anilines is 1. The van der Waals surface area contributed by atoms with E-state index in [2.05, 4.69) is 20.6 Å². The molecule has 1 amide bonds. The van der Waals surface area contributed by atoms with Crippen LogP contribution in [0.3, 0.4) is 0 Å². The summed E-state index contributed by atoms with van der Waals surface area (Å²) in [6.45, 7) is -0.140. The highest BCUT2D eigenvalue weighted by atomic mass is 35.5. The number of carbonyl (C=O) groups is 1. The fourth-order valence-electron chi connectivity index (χ4n) is 2.32. The molecule has 0 aliphatic heterocycles. The summed E-state index contributed by atoms with van der Waals surface area (Å²) in [5, 5.41) is 60.2. The van der Waals surface area contributed by atoms with Crippen LogP contribution in [0, 0.1) is 0 Å². The summed E-state index contributed by atoms with van der Waals surface area (Å²) in [6.07, 6.45) is 2.64. The molecule has 2 aromatic heterocycles. The first kappa shape index (κ1) is 22.1. The number of H-pyrrole nitrogens is 1. The maximum Gasteiger partial charge on any atom is 0.301 e. The first-order valence-corrected chi connectivity index (χ1v) is 8.22. The number of aliphatic hydroxyl groups excluding tert-OH is 1. The summed E-state index contributed by atoms with van der Waals surface area (Å²) in [4.78, 5) is 18.5. The normalized spacial score (nSPS) is 13.2. The Bertz CT molecular complexity index is 821. The predicted octanol–water partition coefficient (Wildman–Crippen LogP) is -2.33. The molecule has 0 aliphatic carbocycles. The number of rotatable bonds is 8. The van der Waals surface area contributed by atoms with Gasteiger partial charge in [0.25, 0.3) is 5.91 Å². The van der Waals surface area contributed by atoms with E-state index in [-0.39, 0.29) is 29.7 Å². The summed E-state index contributed by atoms with van der Waals surface area (Å²) in [6, 6.07) is 0.507. The molecule has 2 heterocycles. The number of pyridine rings is 1. The monoisotopic (exact) mass is 412 g/mol. The topological polar surface area (TPSA) is 191 Å². The zero-order chi connectivity index (χ0) is 21.1. The molecule has 0 spiro atoms. The Morgan fingerprint density at radius 2 is 1.96 bits per heavy atom. The van der Waals surface area contributed by atoms with Gasteiger partial charge in [0.2, 0.25) is 0 Å². The van der Waals surface area contributed by atoms with Gasteiger partial charge in [-0.15, -0.1) is 0 Å². The van der Waals surface area contributed by atoms with Gasteiger partial charge in [0.1, 0.15) is 17.2 Å². The summed E-state index contributed by atoms with van der Waals surface area (Å²) in [7, 11) is 5.02. The largest absolute Gasteiger partial charge is 0.395 e. The van der Waals surface area contributed by atoms with Crippen molar-refractivity contribution >= 4 is 31.2 Å². The first-order valence-electron chi connectivity index (χ1n) is 7.84. The number of carbonyl (C=O) groups excluding carboxylic acids is 1. The molecule has 28 heavy (non-hydrogen) atoms. The molecule has 0 bridgehead atoms. The van der Waals surface area contributed by atoms with Gasteiger partial charge in [-0.1, -0.05) is 11.6 Å². The molecule has 13 heteroatoms. The van der Waals surface area contributed by atoms with Crippen molar-refractivity contribution in [3.63, 3.8) is 0 Å². The van der Waals surface area contributed by atoms with Crippen LogP contribution in [0.4, 0.5) is 5.82 Å². The average molecular weight is 413 g/mol. The van der Waals surface area contributed by atoms with Crippen LogP contribution in [0.15, 0.2) is 24.5 Å². The van der Waals surface area contributed by atoms with Crippen LogP contribution in [0.25, 0.3) is 11.1 Å². The van der Waals surface area contributed by atoms with E-state index in [4.69, 9.17) is 24.6 Å². The Kier molecular flexibility index (Phi) is 6.67. The van der Waals surface area contributed by atoms with Crippen molar-refractivity contribution in [2.24, 2.45) is 0 Å². The van der Waals surface area contributed by atoms with Crippen LogP contribution < -0.4 is 10.6 Å². The van der Waals surface area contributed by atoms with Crippen LogP contribution in [-0.2, 0) is 0 Å². The van der Waals surface area contributed by atoms with Crippen molar-refractivity contribution in [1.29, 1.82) is 0 Å². The highest BCUT2D eigenvalue weighted by Gasteiger charge is 2.44. The summed E-state index contributed by atoms with van der Waals surface area (Å²) in [5.41, 5.74) is -2.23. The number of aromatic amines is 1. The Morgan fingerprint density at radius 1 is 1.29 bits per heavy atom. The number of hydrogen-bond acceptors (Lipinski definition) is 9. The van der Waals surface area contributed by atoms with E-state index in [0.29, 0.717) is 11.1 Å². The molecule has 9 N–H and O–H groups in total. The lowest BCUT2D eigenvalue weighted by Crippen LogP contribution is -2.61. The molecule has 2 rings (SSSR count). The number of hydrogen-bond donors (Lipinski definition) is 9. The van der Waals surface area contributed by atoms with Gasteiger partial charge >= 0.3 is 5.97 Å². The molecular weight excluding hydrogens is 394 g/mol. The van der Waals surface area contributed by atoms with Gasteiger partial charge < -0.3 is 46.3 Å². The Hall–Kier alpha value is -2.19. The van der Waals surface area contributed by atoms with E-state index < -0.39 is 23.6 Å². The number of halogens is 1. The second kappa shape index (κ2) is 8.45. The lowest BCUT2D eigenvalue weighted by molar-refractivity contribution is -0.346. The molecule has 0 fully saturated rings. The lowest BCUT2D eigenvalue weighted by Gasteiger charge is -2.35. The van der Waals surface area contributed by atoms with Crippen LogP contribution in [0.2, 0.25) is 5.02 Å². The van der Waals surface area contributed by atoms with Crippen molar-refractivity contribution in [2.45, 2.75) is 17.7 Å². The maximum absolute atomic E-state index is 11.9. The Morgan fingerprint density at radius 3 is 2.54 bits per heavy atom. The minimum absolute atomic E-state index is 0.0764. The van der Waals surface area contributed by atoms with Gasteiger partial charge in [-0.3, -0.25) is 4.79 Å². The molecule has 0 saturated carbocycles. The van der Waals surface area contributed by atoms with Crippen LogP contribution in [0.5, 0.6) is 0 Å². The van der Waals surface area contributed by atoms with Crippen molar-refractivity contribution in [3.05, 3.63) is 35.2 Å². The van der Waals surface area contributed by atoms with Gasteiger partial charge in [0.15, 0.2) is 13.9 Å². The first-order chi connectivity index (χ1) is 12.9. The third-order valence-electron chi connectivity index (χ3n) is 3.60. The van der Waals surface area contributed by atoms with Crippen LogP contribution >= 0.6 is 11.6 Å². The summed E-state index contributed by atoms with van der Waals surface area (Å²) < 4.78 is 0. The second-order valence-corrected chi connectivity index (χ2v) is 6.29. The average Bonchev–Trinajstić information content (AvgIpc) is 3.06. The third-order valence-corrected chi connectivity index (χ3v) is 3.90. The highest BCUT2D eigenvalue weighted by molar-refractivity contribution is 6.33. The molecule has 2 radical (unpaired) electrons. The van der Waals surface area contributed by atoms with E-state index in [1.165, 1.54) is 24.5 Å². The molecular formula is C15H18BClN4O7. The molecule has 0 aromatic carbocycles. The predicted molar refractivity (Wildman–Crippen MR) is 98.2 cm³/mol. The van der Waals surface area contributed by atoms with Gasteiger partial charge in [0, 0.05) is 30.1 Å². The molecule has 2 aromatic rings. The van der Waals surface area contributed by atoms with E-state index in [1.54, 1.807) is 0 Å². The van der Waals surface area contributed by atoms with Crippen molar-refractivity contribution in [3.8, 4) is 11.1 Å². The highest BCUT2D eigenvalue weighted by Crippen LogP contribution is 2.30. The Labute approximate surface area is 165 Å². The lowest BCUT2D eigenvalue weighted by atomic mass is 9.86. The minimum atomic E-state index is -3.59. The number of amides is 1. The van der Waals surface area contributed by atoms with E-state index in [9.17, 15) is 30.3 Å². The van der Waals surface area contributed by atoms with Crippen LogP contribution in [-0.4, -0.2) is 85.2 Å². The molecule has 150 valence electrons. The van der Waals surface area contributed by atoms with Gasteiger partial charge in [-0.05, 0) is 12.1 Å². The zero-order valence-electron chi connectivity index (χ0n) is 14.3.